The van der Waals surface area contributed by atoms with Crippen LogP contribution in [0.5, 0.6) is 11.5 Å². The summed E-state index contributed by atoms with van der Waals surface area (Å²) in [6.07, 6.45) is -0.0628. The fourth-order valence-corrected chi connectivity index (χ4v) is 1.46. The molecule has 0 N–H and O–H groups in total. The number of halogens is 1. The van der Waals surface area contributed by atoms with Crippen molar-refractivity contribution >= 4 is 22.2 Å². The van der Waals surface area contributed by atoms with Crippen molar-refractivity contribution in [2.75, 3.05) is 7.11 Å². The van der Waals surface area contributed by atoms with Crippen molar-refractivity contribution in [1.29, 1.82) is 0 Å². The van der Waals surface area contributed by atoms with Gasteiger partial charge in [0.25, 0.3) is 0 Å². The Morgan fingerprint density at radius 2 is 2.06 bits per heavy atom. The molecule has 88 valence electrons. The average Bonchev–Trinajstić information content (AvgIpc) is 2.27. The molecule has 1 aromatic carbocycles. The quantitative estimate of drug-likeness (QED) is 0.799. The Labute approximate surface area is 103 Å². The molecule has 16 heavy (non-hydrogen) atoms. The van der Waals surface area contributed by atoms with Crippen molar-refractivity contribution in [2.45, 2.75) is 20.0 Å². The Morgan fingerprint density at radius 1 is 1.38 bits per heavy atom. The molecule has 0 fully saturated rings. The van der Waals surface area contributed by atoms with E-state index in [9.17, 15) is 4.79 Å². The first kappa shape index (κ1) is 12.8. The van der Waals surface area contributed by atoms with E-state index in [1.807, 2.05) is 13.8 Å². The van der Waals surface area contributed by atoms with Crippen LogP contribution < -0.4 is 8.57 Å². The van der Waals surface area contributed by atoms with Gasteiger partial charge in [-0.2, -0.15) is 0 Å². The van der Waals surface area contributed by atoms with E-state index >= 15 is 0 Å². The van der Waals surface area contributed by atoms with Crippen LogP contribution in [0.2, 0.25) is 0 Å². The zero-order chi connectivity index (χ0) is 12.1. The molecule has 0 radical (unpaired) electrons. The van der Waals surface area contributed by atoms with Crippen LogP contribution in [0.1, 0.15) is 24.2 Å². The maximum atomic E-state index is 11.5. The third kappa shape index (κ3) is 2.88. The van der Waals surface area contributed by atoms with Gasteiger partial charge in [-0.1, -0.05) is 6.07 Å². The van der Waals surface area contributed by atoms with E-state index in [0.29, 0.717) is 17.1 Å². The monoisotopic (exact) mass is 288 g/mol. The molecule has 0 amide bonds. The van der Waals surface area contributed by atoms with Crippen molar-refractivity contribution in [3.8, 4) is 11.5 Å². The van der Waals surface area contributed by atoms with Gasteiger partial charge in [0.15, 0.2) is 27.8 Å². The highest BCUT2D eigenvalue weighted by Gasteiger charge is 2.18. The predicted octanol–water partition coefficient (Wildman–Crippen LogP) is 2.95. The topological polar surface area (TPSA) is 44.8 Å². The average molecular weight is 289 g/mol. The number of rotatable bonds is 4. The third-order valence-corrected chi connectivity index (χ3v) is 2.17. The number of methoxy groups -OCH3 is 1. The molecule has 5 heteroatoms. The normalized spacial score (nSPS) is 10.1. The lowest BCUT2D eigenvalue weighted by Crippen LogP contribution is -2.11. The molecule has 0 aliphatic heterocycles. The second-order valence-electron chi connectivity index (χ2n) is 3.37. The molecule has 0 saturated heterocycles. The highest BCUT2D eigenvalue weighted by molar-refractivity contribution is 9.06. The lowest BCUT2D eigenvalue weighted by Gasteiger charge is -2.15. The smallest absolute Gasteiger partial charge is 0.341 e. The summed E-state index contributed by atoms with van der Waals surface area (Å²) >= 11 is 2.87. The molecule has 0 atom stereocenters. The summed E-state index contributed by atoms with van der Waals surface area (Å²) in [4.78, 5) is 11.5. The number of hydrogen-bond acceptors (Lipinski definition) is 4. The van der Waals surface area contributed by atoms with E-state index in [1.165, 1.54) is 7.11 Å². The molecule has 1 aromatic rings. The number of hydrogen-bond donors (Lipinski definition) is 0. The molecule has 0 aliphatic rings. The number of carbonyl (C=O) groups excluding carboxylic acids is 1. The van der Waals surface area contributed by atoms with Crippen LogP contribution >= 0.6 is 16.3 Å². The zero-order valence-electron chi connectivity index (χ0n) is 9.32. The van der Waals surface area contributed by atoms with Gasteiger partial charge < -0.3 is 13.3 Å². The summed E-state index contributed by atoms with van der Waals surface area (Å²) in [5.74, 6) is 0.361. The largest absolute Gasteiger partial charge is 0.486 e. The number of para-hydroxylation sites is 1. The van der Waals surface area contributed by atoms with Gasteiger partial charge in [-0.05, 0) is 26.0 Å². The minimum Gasteiger partial charge on any atom is -0.486 e. The third-order valence-electron chi connectivity index (χ3n) is 1.82. The van der Waals surface area contributed by atoms with E-state index in [2.05, 4.69) is 21.0 Å². The summed E-state index contributed by atoms with van der Waals surface area (Å²) in [7, 11) is 1.32. The molecule has 0 unspecified atom stereocenters. The van der Waals surface area contributed by atoms with Crippen LogP contribution in [0.25, 0.3) is 0 Å². The second kappa shape index (κ2) is 5.75. The number of benzene rings is 1. The second-order valence-corrected chi connectivity index (χ2v) is 3.69. The minimum atomic E-state index is -0.456. The Bertz CT molecular complexity index is 376. The Hall–Kier alpha value is -1.23. The first-order valence-corrected chi connectivity index (χ1v) is 5.41. The van der Waals surface area contributed by atoms with Crippen LogP contribution in [0, 0.1) is 0 Å². The zero-order valence-corrected chi connectivity index (χ0v) is 10.9. The lowest BCUT2D eigenvalue weighted by molar-refractivity contribution is 0.0594. The van der Waals surface area contributed by atoms with Crippen LogP contribution in [-0.4, -0.2) is 19.2 Å². The van der Waals surface area contributed by atoms with E-state index in [4.69, 9.17) is 8.57 Å². The first-order chi connectivity index (χ1) is 7.60. The SMILES string of the molecule is COC(=O)c1cccc(OBr)c1OC(C)C. The molecule has 0 bridgehead atoms. The van der Waals surface area contributed by atoms with Crippen molar-refractivity contribution in [3.05, 3.63) is 23.8 Å². The summed E-state index contributed by atoms with van der Waals surface area (Å²) < 4.78 is 15.2. The van der Waals surface area contributed by atoms with Gasteiger partial charge in [0.05, 0.1) is 13.2 Å². The molecule has 0 heterocycles. The van der Waals surface area contributed by atoms with Crippen LogP contribution in [0.15, 0.2) is 18.2 Å². The van der Waals surface area contributed by atoms with Crippen molar-refractivity contribution < 1.29 is 18.1 Å². The van der Waals surface area contributed by atoms with Gasteiger partial charge in [-0.25, -0.2) is 4.79 Å². The summed E-state index contributed by atoms with van der Waals surface area (Å²) in [5, 5.41) is 0. The van der Waals surface area contributed by atoms with Crippen LogP contribution in [0.4, 0.5) is 0 Å². The molecular formula is C11H13BrO4. The first-order valence-electron chi connectivity index (χ1n) is 4.76. The lowest BCUT2D eigenvalue weighted by atomic mass is 10.2. The van der Waals surface area contributed by atoms with Gasteiger partial charge in [0, 0.05) is 0 Å². The summed E-state index contributed by atoms with van der Waals surface area (Å²) in [6.45, 7) is 3.73. The van der Waals surface area contributed by atoms with E-state index < -0.39 is 5.97 Å². The number of ether oxygens (including phenoxy) is 2. The summed E-state index contributed by atoms with van der Waals surface area (Å²) in [5.41, 5.74) is 0.341. The highest BCUT2D eigenvalue weighted by Crippen LogP contribution is 2.33. The van der Waals surface area contributed by atoms with Gasteiger partial charge in [0.1, 0.15) is 5.56 Å². The van der Waals surface area contributed by atoms with E-state index in [0.717, 1.165) is 0 Å². The Balaban J connectivity index is 3.20. The van der Waals surface area contributed by atoms with E-state index in [1.54, 1.807) is 18.2 Å². The van der Waals surface area contributed by atoms with Crippen molar-refractivity contribution in [3.63, 3.8) is 0 Å². The Kier molecular flexibility index (Phi) is 4.61. The van der Waals surface area contributed by atoms with Crippen LogP contribution in [0.3, 0.4) is 0 Å². The fraction of sp³-hybridized carbons (Fsp3) is 0.364. The maximum Gasteiger partial charge on any atom is 0.341 e. The molecule has 0 aliphatic carbocycles. The van der Waals surface area contributed by atoms with Gasteiger partial charge in [0.2, 0.25) is 0 Å². The van der Waals surface area contributed by atoms with Gasteiger partial charge in [-0.3, -0.25) is 0 Å². The molecule has 1 rings (SSSR count). The van der Waals surface area contributed by atoms with E-state index in [-0.39, 0.29) is 6.10 Å². The number of carbonyl (C=O) groups is 1. The van der Waals surface area contributed by atoms with Crippen LogP contribution in [-0.2, 0) is 4.74 Å². The molecule has 0 saturated carbocycles. The fourth-order valence-electron chi connectivity index (χ4n) is 1.20. The molecule has 4 nitrogen and oxygen atoms in total. The Morgan fingerprint density at radius 3 is 2.56 bits per heavy atom. The predicted molar refractivity (Wildman–Crippen MR) is 63.1 cm³/mol. The maximum absolute atomic E-state index is 11.5. The van der Waals surface area contributed by atoms with Gasteiger partial charge in [-0.15, -0.1) is 0 Å². The standard InChI is InChI=1S/C11H13BrO4/c1-7(2)15-10-8(11(13)14-3)5-4-6-9(10)16-12/h4-7H,1-3H3. The van der Waals surface area contributed by atoms with Gasteiger partial charge >= 0.3 is 5.97 Å². The van der Waals surface area contributed by atoms with Crippen molar-refractivity contribution in [1.82, 2.24) is 0 Å². The van der Waals surface area contributed by atoms with Crippen molar-refractivity contribution in [2.24, 2.45) is 0 Å². The number of esters is 1. The molecule has 0 aromatic heterocycles. The summed E-state index contributed by atoms with van der Waals surface area (Å²) in [6, 6.07) is 5.01. The molecular weight excluding hydrogens is 276 g/mol. The molecule has 0 spiro atoms. The highest BCUT2D eigenvalue weighted by atomic mass is 79.9. The minimum absolute atomic E-state index is 0.0628.